The summed E-state index contributed by atoms with van der Waals surface area (Å²) in [6.45, 7) is 1.90. The smallest absolute Gasteiger partial charge is 0.162 e. The molecule has 0 radical (unpaired) electrons. The van der Waals surface area contributed by atoms with Gasteiger partial charge in [-0.2, -0.15) is 0 Å². The first kappa shape index (κ1) is 17.2. The minimum absolute atomic E-state index is 0.0790. The maximum atomic E-state index is 13.9. The summed E-state index contributed by atoms with van der Waals surface area (Å²) in [4.78, 5) is 12.8. The number of nitrogens with two attached hydrogens (primary N) is 1. The molecule has 0 aliphatic rings. The maximum Gasteiger partial charge on any atom is 0.162 e. The fourth-order valence-corrected chi connectivity index (χ4v) is 2.88. The zero-order valence-electron chi connectivity index (χ0n) is 14.3. The topological polar surface area (TPSA) is 73.9 Å². The van der Waals surface area contributed by atoms with Crippen molar-refractivity contribution < 1.29 is 9.13 Å². The Hall–Kier alpha value is -3.25. The Morgan fingerprint density at radius 2 is 1.93 bits per heavy atom. The molecule has 4 rings (SSSR count). The number of aryl methyl sites for hydroxylation is 1. The number of ether oxygens (including phenoxy) is 1. The highest BCUT2D eigenvalue weighted by atomic mass is 35.5. The molecule has 0 saturated heterocycles. The lowest BCUT2D eigenvalue weighted by atomic mass is 10.1. The van der Waals surface area contributed by atoms with Gasteiger partial charge in [-0.05, 0) is 49.4 Å². The van der Waals surface area contributed by atoms with E-state index in [2.05, 4.69) is 15.0 Å². The molecule has 0 fully saturated rings. The Kier molecular flexibility index (Phi) is 4.33. The third kappa shape index (κ3) is 3.39. The molecule has 0 unspecified atom stereocenters. The van der Waals surface area contributed by atoms with Crippen LogP contribution in [0.15, 0.2) is 54.7 Å². The maximum absolute atomic E-state index is 13.9. The molecule has 5 nitrogen and oxygen atoms in total. The van der Waals surface area contributed by atoms with Gasteiger partial charge in [-0.25, -0.2) is 14.4 Å². The molecule has 27 heavy (non-hydrogen) atoms. The number of pyridine rings is 1. The summed E-state index contributed by atoms with van der Waals surface area (Å²) in [5.41, 5.74) is 7.89. The Bertz CT molecular complexity index is 1150. The second-order valence-corrected chi connectivity index (χ2v) is 6.36. The standard InChI is InChI=1S/C20H14ClFN4O/c1-11-5-7-13(10-24-11)27-17-8-6-12(9-14(17)21)20-25-16-4-2-3-15(22)18(16)19(23)26-20/h2-10H,1H3,(H2,23,25,26). The van der Waals surface area contributed by atoms with E-state index in [0.29, 0.717) is 33.4 Å². The lowest BCUT2D eigenvalue weighted by molar-refractivity contribution is 0.480. The summed E-state index contributed by atoms with van der Waals surface area (Å²) in [7, 11) is 0. The van der Waals surface area contributed by atoms with Gasteiger partial charge in [0, 0.05) is 11.3 Å². The summed E-state index contributed by atoms with van der Waals surface area (Å²) in [6, 6.07) is 13.4. The van der Waals surface area contributed by atoms with Gasteiger partial charge in [0.2, 0.25) is 0 Å². The van der Waals surface area contributed by atoms with Crippen molar-refractivity contribution in [3.05, 3.63) is 71.3 Å². The first-order valence-corrected chi connectivity index (χ1v) is 8.51. The van der Waals surface area contributed by atoms with E-state index in [4.69, 9.17) is 22.1 Å². The first-order chi connectivity index (χ1) is 13.0. The van der Waals surface area contributed by atoms with Gasteiger partial charge in [0.25, 0.3) is 0 Å². The Morgan fingerprint density at radius 1 is 1.07 bits per heavy atom. The van der Waals surface area contributed by atoms with Crippen LogP contribution in [0.5, 0.6) is 11.5 Å². The second kappa shape index (κ2) is 6.81. The summed E-state index contributed by atoms with van der Waals surface area (Å²) in [5.74, 6) is 1.04. The Labute approximate surface area is 159 Å². The molecule has 0 atom stereocenters. The van der Waals surface area contributed by atoms with Gasteiger partial charge in [-0.15, -0.1) is 0 Å². The van der Waals surface area contributed by atoms with Crippen LogP contribution in [0.4, 0.5) is 10.2 Å². The van der Waals surface area contributed by atoms with Crippen LogP contribution in [-0.2, 0) is 0 Å². The highest BCUT2D eigenvalue weighted by molar-refractivity contribution is 6.32. The average molecular weight is 381 g/mol. The molecular formula is C20H14ClFN4O. The fraction of sp³-hybridized carbons (Fsp3) is 0.0500. The minimum atomic E-state index is -0.454. The van der Waals surface area contributed by atoms with Gasteiger partial charge in [0.15, 0.2) is 5.82 Å². The number of nitrogens with zero attached hydrogens (tertiary/aromatic N) is 3. The van der Waals surface area contributed by atoms with Crippen molar-refractivity contribution in [3.8, 4) is 22.9 Å². The van der Waals surface area contributed by atoms with Crippen LogP contribution in [0.25, 0.3) is 22.3 Å². The quantitative estimate of drug-likeness (QED) is 0.531. The predicted octanol–water partition coefficient (Wildman–Crippen LogP) is 5.17. The Balaban J connectivity index is 1.70. The molecule has 0 aliphatic carbocycles. The van der Waals surface area contributed by atoms with E-state index in [-0.39, 0.29) is 11.2 Å². The van der Waals surface area contributed by atoms with E-state index in [1.165, 1.54) is 6.07 Å². The van der Waals surface area contributed by atoms with E-state index < -0.39 is 5.82 Å². The van der Waals surface area contributed by atoms with Crippen LogP contribution in [0.2, 0.25) is 5.02 Å². The number of nitrogen functional groups attached to an aromatic ring is 1. The van der Waals surface area contributed by atoms with Crippen molar-refractivity contribution in [2.45, 2.75) is 6.92 Å². The molecule has 0 amide bonds. The fourth-order valence-electron chi connectivity index (χ4n) is 2.66. The zero-order chi connectivity index (χ0) is 19.0. The highest BCUT2D eigenvalue weighted by Gasteiger charge is 2.13. The first-order valence-electron chi connectivity index (χ1n) is 8.13. The van der Waals surface area contributed by atoms with E-state index in [0.717, 1.165) is 5.69 Å². The number of benzene rings is 2. The lowest BCUT2D eigenvalue weighted by Gasteiger charge is -2.10. The molecule has 0 saturated carbocycles. The van der Waals surface area contributed by atoms with E-state index in [1.54, 1.807) is 36.5 Å². The number of halogens is 2. The van der Waals surface area contributed by atoms with Crippen LogP contribution in [-0.4, -0.2) is 15.0 Å². The molecule has 2 heterocycles. The molecule has 4 aromatic rings. The van der Waals surface area contributed by atoms with Crippen LogP contribution < -0.4 is 10.5 Å². The van der Waals surface area contributed by atoms with Crippen LogP contribution in [0.1, 0.15) is 5.69 Å². The molecule has 2 aromatic carbocycles. The molecule has 134 valence electrons. The van der Waals surface area contributed by atoms with Gasteiger partial charge >= 0.3 is 0 Å². The van der Waals surface area contributed by atoms with Gasteiger partial charge < -0.3 is 10.5 Å². The van der Waals surface area contributed by atoms with Crippen molar-refractivity contribution in [1.82, 2.24) is 15.0 Å². The number of rotatable bonds is 3. The molecule has 0 bridgehead atoms. The number of hydrogen-bond acceptors (Lipinski definition) is 5. The van der Waals surface area contributed by atoms with E-state index in [1.807, 2.05) is 19.1 Å². The van der Waals surface area contributed by atoms with E-state index >= 15 is 0 Å². The molecular weight excluding hydrogens is 367 g/mol. The third-order valence-electron chi connectivity index (χ3n) is 4.00. The van der Waals surface area contributed by atoms with E-state index in [9.17, 15) is 4.39 Å². The molecule has 0 aliphatic heterocycles. The van der Waals surface area contributed by atoms with Crippen LogP contribution in [0, 0.1) is 12.7 Å². The summed E-state index contributed by atoms with van der Waals surface area (Å²) in [5, 5.41) is 0.591. The third-order valence-corrected chi connectivity index (χ3v) is 4.30. The van der Waals surface area contributed by atoms with Gasteiger partial charge in [-0.1, -0.05) is 17.7 Å². The van der Waals surface area contributed by atoms with Crippen molar-refractivity contribution in [2.24, 2.45) is 0 Å². The zero-order valence-corrected chi connectivity index (χ0v) is 15.0. The average Bonchev–Trinajstić information content (AvgIpc) is 2.65. The van der Waals surface area contributed by atoms with Crippen molar-refractivity contribution in [3.63, 3.8) is 0 Å². The van der Waals surface area contributed by atoms with Crippen molar-refractivity contribution >= 4 is 28.3 Å². The number of aromatic nitrogens is 3. The summed E-state index contributed by atoms with van der Waals surface area (Å²) in [6.07, 6.45) is 1.63. The molecule has 2 aromatic heterocycles. The highest BCUT2D eigenvalue weighted by Crippen LogP contribution is 2.33. The number of anilines is 1. The SMILES string of the molecule is Cc1ccc(Oc2ccc(-c3nc(N)c4c(F)cccc4n3)cc2Cl)cn1. The monoisotopic (exact) mass is 380 g/mol. The van der Waals surface area contributed by atoms with Gasteiger partial charge in [0.05, 0.1) is 22.1 Å². The Morgan fingerprint density at radius 3 is 2.67 bits per heavy atom. The lowest BCUT2D eigenvalue weighted by Crippen LogP contribution is -1.99. The molecule has 2 N–H and O–H groups in total. The van der Waals surface area contributed by atoms with Crippen molar-refractivity contribution in [1.29, 1.82) is 0 Å². The van der Waals surface area contributed by atoms with Crippen molar-refractivity contribution in [2.75, 3.05) is 5.73 Å². The minimum Gasteiger partial charge on any atom is -0.454 e. The number of hydrogen-bond donors (Lipinski definition) is 1. The van der Waals surface area contributed by atoms with Gasteiger partial charge in [0.1, 0.15) is 23.1 Å². The largest absolute Gasteiger partial charge is 0.454 e. The molecule has 0 spiro atoms. The molecule has 7 heteroatoms. The summed E-state index contributed by atoms with van der Waals surface area (Å²) >= 11 is 6.35. The normalized spacial score (nSPS) is 10.9. The summed E-state index contributed by atoms with van der Waals surface area (Å²) < 4.78 is 19.7. The number of fused-ring (bicyclic) bond motifs is 1. The second-order valence-electron chi connectivity index (χ2n) is 5.95. The van der Waals surface area contributed by atoms with Gasteiger partial charge in [-0.3, -0.25) is 4.98 Å². The predicted molar refractivity (Wildman–Crippen MR) is 103 cm³/mol. The van der Waals surface area contributed by atoms with Crippen LogP contribution >= 0.6 is 11.6 Å². The van der Waals surface area contributed by atoms with Crippen LogP contribution in [0.3, 0.4) is 0 Å².